The number of nitriles is 1. The fraction of sp³-hybridized carbons (Fsp3) is 0.696. The van der Waals surface area contributed by atoms with Crippen LogP contribution in [-0.2, 0) is 9.47 Å². The fourth-order valence-corrected chi connectivity index (χ4v) is 4.76. The van der Waals surface area contributed by atoms with E-state index in [9.17, 15) is 0 Å². The Morgan fingerprint density at radius 2 is 1.82 bits per heavy atom. The van der Waals surface area contributed by atoms with Crippen LogP contribution in [0.25, 0.3) is 0 Å². The maximum atomic E-state index is 9.02. The number of nitrogens with one attached hydrogen (secondary N) is 2. The van der Waals surface area contributed by atoms with E-state index in [-0.39, 0.29) is 11.7 Å². The van der Waals surface area contributed by atoms with Crippen molar-refractivity contribution in [2.45, 2.75) is 57.8 Å². The molecule has 2 N–H and O–H groups in total. The van der Waals surface area contributed by atoms with Crippen LogP contribution in [0.1, 0.15) is 51.0 Å². The summed E-state index contributed by atoms with van der Waals surface area (Å²) >= 11 is 0. The van der Waals surface area contributed by atoms with E-state index in [4.69, 9.17) is 14.7 Å². The van der Waals surface area contributed by atoms with Crippen LogP contribution in [0.4, 0.5) is 5.69 Å². The van der Waals surface area contributed by atoms with E-state index >= 15 is 0 Å². The smallest absolute Gasteiger partial charge is 0.157 e. The summed E-state index contributed by atoms with van der Waals surface area (Å²) in [4.78, 5) is 0. The van der Waals surface area contributed by atoms with E-state index < -0.39 is 0 Å². The molecule has 1 saturated carbocycles. The topological polar surface area (TPSA) is 66.3 Å². The molecule has 0 aromatic heterocycles. The third-order valence-electron chi connectivity index (χ3n) is 6.86. The monoisotopic (exact) mass is 383 g/mol. The Balaban J connectivity index is 1.34. The maximum Gasteiger partial charge on any atom is 0.157 e. The number of ether oxygens (including phenoxy) is 2. The minimum Gasteiger partial charge on any atom is -0.382 e. The first-order valence-corrected chi connectivity index (χ1v) is 10.9. The van der Waals surface area contributed by atoms with Crippen LogP contribution in [0.3, 0.4) is 0 Å². The molecule has 5 nitrogen and oxygen atoms in total. The van der Waals surface area contributed by atoms with Crippen molar-refractivity contribution in [1.29, 1.82) is 5.26 Å². The van der Waals surface area contributed by atoms with Gasteiger partial charge in [-0.15, -0.1) is 0 Å². The van der Waals surface area contributed by atoms with Crippen molar-refractivity contribution in [3.63, 3.8) is 0 Å². The molecule has 2 heterocycles. The molecule has 152 valence electrons. The molecular weight excluding hydrogens is 350 g/mol. The highest BCUT2D eigenvalue weighted by Gasteiger charge is 2.42. The normalized spacial score (nSPS) is 28.3. The van der Waals surface area contributed by atoms with Gasteiger partial charge >= 0.3 is 0 Å². The molecule has 1 unspecified atom stereocenters. The van der Waals surface area contributed by atoms with Crippen LogP contribution in [0.5, 0.6) is 0 Å². The number of nitrogens with zero attached hydrogens (tertiary/aromatic N) is 1. The van der Waals surface area contributed by atoms with Crippen LogP contribution in [-0.4, -0.2) is 38.6 Å². The van der Waals surface area contributed by atoms with Gasteiger partial charge in [-0.3, -0.25) is 0 Å². The summed E-state index contributed by atoms with van der Waals surface area (Å²) in [6.07, 6.45) is 7.13. The molecule has 5 heteroatoms. The molecular formula is C23H33N3O2. The van der Waals surface area contributed by atoms with Crippen LogP contribution >= 0.6 is 0 Å². The predicted octanol–water partition coefficient (Wildman–Crippen LogP) is 3.91. The van der Waals surface area contributed by atoms with Crippen LogP contribution in [0, 0.1) is 28.6 Å². The van der Waals surface area contributed by atoms with E-state index in [1.165, 1.54) is 25.7 Å². The van der Waals surface area contributed by atoms with Crippen molar-refractivity contribution in [1.82, 2.24) is 5.32 Å². The minimum atomic E-state index is -0.0704. The van der Waals surface area contributed by atoms with Crippen molar-refractivity contribution in [3.8, 4) is 6.07 Å². The van der Waals surface area contributed by atoms with E-state index in [1.54, 1.807) is 0 Å². The Morgan fingerprint density at radius 3 is 2.39 bits per heavy atom. The molecule has 0 bridgehead atoms. The molecule has 4 rings (SSSR count). The molecule has 0 amide bonds. The van der Waals surface area contributed by atoms with Gasteiger partial charge in [0, 0.05) is 36.7 Å². The predicted molar refractivity (Wildman–Crippen MR) is 110 cm³/mol. The zero-order valence-corrected chi connectivity index (χ0v) is 17.0. The third-order valence-corrected chi connectivity index (χ3v) is 6.86. The Morgan fingerprint density at radius 1 is 1.14 bits per heavy atom. The van der Waals surface area contributed by atoms with Gasteiger partial charge in [0.05, 0.1) is 24.8 Å². The van der Waals surface area contributed by atoms with E-state index in [2.05, 4.69) is 23.6 Å². The molecule has 1 aromatic carbocycles. The largest absolute Gasteiger partial charge is 0.382 e. The van der Waals surface area contributed by atoms with E-state index in [0.717, 1.165) is 50.8 Å². The summed E-state index contributed by atoms with van der Waals surface area (Å²) in [7, 11) is 0. The van der Waals surface area contributed by atoms with Crippen LogP contribution < -0.4 is 10.6 Å². The molecule has 28 heavy (non-hydrogen) atoms. The van der Waals surface area contributed by atoms with Crippen molar-refractivity contribution < 1.29 is 9.47 Å². The lowest BCUT2D eigenvalue weighted by molar-refractivity contribution is -0.241. The summed E-state index contributed by atoms with van der Waals surface area (Å²) in [6.45, 7) is 6.04. The summed E-state index contributed by atoms with van der Waals surface area (Å²) in [5.41, 5.74) is 2.04. The molecule has 1 aromatic rings. The van der Waals surface area contributed by atoms with Gasteiger partial charge in [0.25, 0.3) is 0 Å². The lowest BCUT2D eigenvalue weighted by atomic mass is 9.78. The Labute approximate surface area is 168 Å². The summed E-state index contributed by atoms with van der Waals surface area (Å²) in [5, 5.41) is 16.1. The maximum absolute atomic E-state index is 9.02. The second-order valence-corrected chi connectivity index (χ2v) is 9.19. The molecule has 0 radical (unpaired) electrons. The summed E-state index contributed by atoms with van der Waals surface area (Å²) in [6, 6.07) is 10.5. The fourth-order valence-electron chi connectivity index (χ4n) is 4.76. The number of anilines is 1. The average molecular weight is 384 g/mol. The van der Waals surface area contributed by atoms with Crippen molar-refractivity contribution in [2.24, 2.45) is 17.3 Å². The highest BCUT2D eigenvalue weighted by Crippen LogP contribution is 2.35. The van der Waals surface area contributed by atoms with Crippen molar-refractivity contribution >= 4 is 5.69 Å². The molecule has 3 aliphatic rings. The first-order chi connectivity index (χ1) is 13.7. The second kappa shape index (κ2) is 8.82. The summed E-state index contributed by atoms with van der Waals surface area (Å²) in [5.74, 6) is 1.54. The van der Waals surface area contributed by atoms with Crippen molar-refractivity contribution in [2.75, 3.05) is 31.6 Å². The number of hydrogen-bond donors (Lipinski definition) is 2. The lowest BCUT2D eigenvalue weighted by Crippen LogP contribution is -2.61. The lowest BCUT2D eigenvalue weighted by Gasteiger charge is -2.46. The van der Waals surface area contributed by atoms with E-state index in [0.29, 0.717) is 17.5 Å². The molecule has 1 aliphatic carbocycles. The molecule has 3 fully saturated rings. The van der Waals surface area contributed by atoms with E-state index in [1.807, 2.05) is 24.3 Å². The summed E-state index contributed by atoms with van der Waals surface area (Å²) < 4.78 is 12.1. The van der Waals surface area contributed by atoms with Gasteiger partial charge in [0.15, 0.2) is 6.29 Å². The first-order valence-electron chi connectivity index (χ1n) is 10.9. The Bertz CT molecular complexity index is 662. The number of benzene rings is 1. The van der Waals surface area contributed by atoms with Crippen LogP contribution in [0.2, 0.25) is 0 Å². The van der Waals surface area contributed by atoms with Gasteiger partial charge in [-0.05, 0) is 55.4 Å². The molecule has 1 atom stereocenters. The SMILES string of the molecule is CC1CCC(C(CCC2OCC3(CNC3)CO2)Nc2ccc(C#N)cc2)CC1. The van der Waals surface area contributed by atoms with Gasteiger partial charge in [-0.1, -0.05) is 19.8 Å². The van der Waals surface area contributed by atoms with Crippen molar-refractivity contribution in [3.05, 3.63) is 29.8 Å². The van der Waals surface area contributed by atoms with Gasteiger partial charge in [0.2, 0.25) is 0 Å². The number of hydrogen-bond acceptors (Lipinski definition) is 5. The Kier molecular flexibility index (Phi) is 6.20. The zero-order valence-electron chi connectivity index (χ0n) is 17.0. The number of rotatable bonds is 6. The molecule has 1 spiro atoms. The third kappa shape index (κ3) is 4.68. The standard InChI is InChI=1S/C23H33N3O2/c1-17-2-6-19(7-3-17)21(26-20-8-4-18(12-24)5-9-20)10-11-22-27-15-23(16-28-22)13-25-14-23/h4-5,8-9,17,19,21-22,25-26H,2-3,6-7,10-11,13-16H2,1H3. The quantitative estimate of drug-likeness (QED) is 0.780. The van der Waals surface area contributed by atoms with Gasteiger partial charge in [0.1, 0.15) is 0 Å². The molecule has 2 saturated heterocycles. The van der Waals surface area contributed by atoms with Crippen LogP contribution in [0.15, 0.2) is 24.3 Å². The van der Waals surface area contributed by atoms with Gasteiger partial charge in [-0.2, -0.15) is 5.26 Å². The second-order valence-electron chi connectivity index (χ2n) is 9.19. The van der Waals surface area contributed by atoms with Gasteiger partial charge in [-0.25, -0.2) is 0 Å². The zero-order chi connectivity index (χ0) is 19.4. The average Bonchev–Trinajstić information content (AvgIpc) is 2.71. The van der Waals surface area contributed by atoms with Gasteiger partial charge < -0.3 is 20.1 Å². The minimum absolute atomic E-state index is 0.0704. The molecule has 2 aliphatic heterocycles. The Hall–Kier alpha value is -1.61. The highest BCUT2D eigenvalue weighted by atomic mass is 16.7. The highest BCUT2D eigenvalue weighted by molar-refractivity contribution is 5.48. The first kappa shape index (κ1) is 19.7.